The van der Waals surface area contributed by atoms with Gasteiger partial charge in [0, 0.05) is 17.8 Å². The highest BCUT2D eigenvalue weighted by molar-refractivity contribution is 7.71. The van der Waals surface area contributed by atoms with E-state index in [2.05, 4.69) is 22.0 Å². The Kier molecular flexibility index (Phi) is 5.56. The van der Waals surface area contributed by atoms with Gasteiger partial charge >= 0.3 is 0 Å². The fourth-order valence-electron chi connectivity index (χ4n) is 4.21. The van der Waals surface area contributed by atoms with E-state index < -0.39 is 0 Å². The van der Waals surface area contributed by atoms with Crippen LogP contribution >= 0.6 is 12.2 Å². The van der Waals surface area contributed by atoms with E-state index in [4.69, 9.17) is 21.7 Å². The lowest BCUT2D eigenvalue weighted by Gasteiger charge is -2.34. The summed E-state index contributed by atoms with van der Waals surface area (Å²) in [5.74, 6) is 2.43. The van der Waals surface area contributed by atoms with E-state index >= 15 is 0 Å². The monoisotopic (exact) mass is 415 g/mol. The molecule has 0 atom stereocenters. The number of quaternary nitrogens is 1. The van der Waals surface area contributed by atoms with Crippen LogP contribution in [0.4, 0.5) is 5.82 Å². The average molecular weight is 416 g/mol. The van der Waals surface area contributed by atoms with Crippen LogP contribution in [0.15, 0.2) is 18.2 Å². The molecule has 0 spiro atoms. The highest BCUT2D eigenvalue weighted by Crippen LogP contribution is 2.32. The fraction of sp³-hybridized carbons (Fsp3) is 0.476. The maximum Gasteiger partial charge on any atom is 0.231 e. The zero-order valence-electron chi connectivity index (χ0n) is 17.2. The van der Waals surface area contributed by atoms with Gasteiger partial charge in [-0.1, -0.05) is 0 Å². The average Bonchev–Trinajstić information content (AvgIpc) is 3.16. The summed E-state index contributed by atoms with van der Waals surface area (Å²) in [4.78, 5) is 20.7. The van der Waals surface area contributed by atoms with Gasteiger partial charge in [-0.15, -0.1) is 0 Å². The number of benzene rings is 1. The van der Waals surface area contributed by atoms with E-state index in [0.717, 1.165) is 55.7 Å². The molecule has 0 aliphatic carbocycles. The first-order valence-corrected chi connectivity index (χ1v) is 10.5. The van der Waals surface area contributed by atoms with Crippen LogP contribution in [0.1, 0.15) is 35.5 Å². The predicted octanol–water partition coefficient (Wildman–Crippen LogP) is 1.78. The smallest absolute Gasteiger partial charge is 0.231 e. The molecule has 154 valence electrons. The van der Waals surface area contributed by atoms with Crippen LogP contribution in [0.5, 0.6) is 11.5 Å². The molecule has 1 saturated heterocycles. The van der Waals surface area contributed by atoms with Gasteiger partial charge in [-0.05, 0) is 51.2 Å². The summed E-state index contributed by atoms with van der Waals surface area (Å²) in [7, 11) is 0. The van der Waals surface area contributed by atoms with Crippen LogP contribution in [-0.4, -0.2) is 48.3 Å². The van der Waals surface area contributed by atoms with Crippen molar-refractivity contribution < 1.29 is 19.2 Å². The Labute approximate surface area is 175 Å². The van der Waals surface area contributed by atoms with Crippen molar-refractivity contribution in [2.24, 2.45) is 0 Å². The van der Waals surface area contributed by atoms with Gasteiger partial charge in [0.15, 0.2) is 17.3 Å². The number of ether oxygens (including phenoxy) is 2. The third-order valence-corrected chi connectivity index (χ3v) is 6.06. The summed E-state index contributed by atoms with van der Waals surface area (Å²) in [6.45, 7) is 11.2. The SMILES string of the molecule is CCn1c(C)c(C(C)=O)c(N2CC[NH+](Cc3ccc4c(c3)OCO4)CC2)nc1=S. The number of nitrogens with zero attached hydrogens (tertiary/aromatic N) is 3. The van der Waals surface area contributed by atoms with Crippen molar-refractivity contribution >= 4 is 23.8 Å². The van der Waals surface area contributed by atoms with Crippen molar-refractivity contribution in [3.63, 3.8) is 0 Å². The van der Waals surface area contributed by atoms with Gasteiger partial charge in [-0.25, -0.2) is 4.98 Å². The molecule has 0 radical (unpaired) electrons. The molecule has 29 heavy (non-hydrogen) atoms. The molecule has 8 heteroatoms. The first-order chi connectivity index (χ1) is 14.0. The summed E-state index contributed by atoms with van der Waals surface area (Å²) in [6, 6.07) is 6.16. The molecule has 1 N–H and O–H groups in total. The lowest BCUT2D eigenvalue weighted by Crippen LogP contribution is -3.13. The van der Waals surface area contributed by atoms with E-state index in [1.165, 1.54) is 10.5 Å². The Morgan fingerprint density at radius 3 is 2.66 bits per heavy atom. The lowest BCUT2D eigenvalue weighted by atomic mass is 10.1. The molecule has 2 aliphatic heterocycles. The number of aromatic nitrogens is 2. The molecular weight excluding hydrogens is 388 g/mol. The van der Waals surface area contributed by atoms with E-state index in [1.54, 1.807) is 6.92 Å². The molecule has 7 nitrogen and oxygen atoms in total. The Hall–Kier alpha value is -2.45. The van der Waals surface area contributed by atoms with Gasteiger partial charge < -0.3 is 23.8 Å². The van der Waals surface area contributed by atoms with Gasteiger partial charge in [0.25, 0.3) is 0 Å². The highest BCUT2D eigenvalue weighted by atomic mass is 32.1. The van der Waals surface area contributed by atoms with Crippen molar-refractivity contribution in [3.05, 3.63) is 39.8 Å². The van der Waals surface area contributed by atoms with Crippen LogP contribution in [0, 0.1) is 11.7 Å². The minimum Gasteiger partial charge on any atom is -0.454 e. The Morgan fingerprint density at radius 1 is 1.24 bits per heavy atom. The number of carbonyl (C=O) groups excluding carboxylic acids is 1. The predicted molar refractivity (Wildman–Crippen MR) is 113 cm³/mol. The minimum absolute atomic E-state index is 0.0392. The number of fused-ring (bicyclic) bond motifs is 1. The van der Waals surface area contributed by atoms with Gasteiger partial charge in [-0.3, -0.25) is 4.79 Å². The number of Topliss-reactive ketones (excluding diaryl/α,β-unsaturated/α-hetero) is 1. The summed E-state index contributed by atoms with van der Waals surface area (Å²) in [5.41, 5.74) is 2.84. The van der Waals surface area contributed by atoms with Gasteiger partial charge in [0.1, 0.15) is 12.4 Å². The second kappa shape index (κ2) is 8.12. The number of piperazine rings is 1. The quantitative estimate of drug-likeness (QED) is 0.593. The molecule has 1 fully saturated rings. The van der Waals surface area contributed by atoms with E-state index in [0.29, 0.717) is 23.7 Å². The number of carbonyl (C=O) groups is 1. The molecule has 0 unspecified atom stereocenters. The zero-order chi connectivity index (χ0) is 20.5. The Morgan fingerprint density at radius 2 is 1.97 bits per heavy atom. The largest absolute Gasteiger partial charge is 0.454 e. The summed E-state index contributed by atoms with van der Waals surface area (Å²) < 4.78 is 13.3. The maximum absolute atomic E-state index is 12.4. The van der Waals surface area contributed by atoms with Gasteiger partial charge in [-0.2, -0.15) is 0 Å². The summed E-state index contributed by atoms with van der Waals surface area (Å²) in [6.07, 6.45) is 0. The third kappa shape index (κ3) is 3.86. The van der Waals surface area contributed by atoms with Gasteiger partial charge in [0.2, 0.25) is 11.6 Å². The van der Waals surface area contributed by atoms with E-state index in [1.807, 2.05) is 24.5 Å². The number of anilines is 1. The molecular formula is C21H27N4O3S+. The van der Waals surface area contributed by atoms with Crippen molar-refractivity contribution in [1.29, 1.82) is 0 Å². The summed E-state index contributed by atoms with van der Waals surface area (Å²) >= 11 is 5.48. The molecule has 1 aromatic heterocycles. The van der Waals surface area contributed by atoms with Crippen LogP contribution in [-0.2, 0) is 13.1 Å². The number of rotatable bonds is 5. The Bertz CT molecular complexity index is 996. The molecule has 2 aromatic rings. The van der Waals surface area contributed by atoms with Crippen LogP contribution in [0.3, 0.4) is 0 Å². The normalized spacial score (nSPS) is 16.3. The van der Waals surface area contributed by atoms with Gasteiger partial charge in [0.05, 0.1) is 31.7 Å². The van der Waals surface area contributed by atoms with E-state index in [-0.39, 0.29) is 5.78 Å². The first-order valence-electron chi connectivity index (χ1n) is 10.1. The van der Waals surface area contributed by atoms with Crippen LogP contribution in [0.25, 0.3) is 0 Å². The maximum atomic E-state index is 12.4. The minimum atomic E-state index is 0.0392. The lowest BCUT2D eigenvalue weighted by molar-refractivity contribution is -0.914. The first kappa shape index (κ1) is 19.8. The molecule has 4 rings (SSSR count). The molecule has 1 aromatic carbocycles. The number of nitrogens with one attached hydrogen (secondary N) is 1. The number of hydrogen-bond acceptors (Lipinski definition) is 6. The standard InChI is InChI=1S/C21H26N4O3S/c1-4-25-14(2)19(15(3)26)20(22-21(25)29)24-9-7-23(8-10-24)12-16-5-6-17-18(11-16)28-13-27-17/h5-6,11H,4,7-10,12-13H2,1-3H3/p+1. The second-order valence-corrected chi connectivity index (χ2v) is 7.95. The highest BCUT2D eigenvalue weighted by Gasteiger charge is 2.26. The number of ketones is 1. The van der Waals surface area contributed by atoms with Crippen molar-refractivity contribution in [3.8, 4) is 11.5 Å². The molecule has 3 heterocycles. The van der Waals surface area contributed by atoms with E-state index in [9.17, 15) is 4.79 Å². The zero-order valence-corrected chi connectivity index (χ0v) is 18.0. The second-order valence-electron chi connectivity index (χ2n) is 7.58. The molecule has 0 bridgehead atoms. The topological polar surface area (TPSA) is 61.0 Å². The fourth-order valence-corrected chi connectivity index (χ4v) is 4.56. The third-order valence-electron chi connectivity index (χ3n) is 5.75. The summed E-state index contributed by atoms with van der Waals surface area (Å²) in [5, 5.41) is 0. The number of hydrogen-bond donors (Lipinski definition) is 1. The van der Waals surface area contributed by atoms with Crippen molar-refractivity contribution in [1.82, 2.24) is 9.55 Å². The van der Waals surface area contributed by atoms with Crippen LogP contribution < -0.4 is 19.3 Å². The Balaban J connectivity index is 1.48. The molecule has 0 amide bonds. The van der Waals surface area contributed by atoms with Crippen LogP contribution in [0.2, 0.25) is 0 Å². The molecule has 2 aliphatic rings. The molecule has 0 saturated carbocycles. The van der Waals surface area contributed by atoms with Crippen molar-refractivity contribution in [2.45, 2.75) is 33.9 Å². The van der Waals surface area contributed by atoms with Crippen molar-refractivity contribution in [2.75, 3.05) is 37.9 Å².